The lowest BCUT2D eigenvalue weighted by atomic mass is 10.1. The first-order valence-electron chi connectivity index (χ1n) is 7.73. The Morgan fingerprint density at radius 3 is 2.86 bits per heavy atom. The van der Waals surface area contributed by atoms with Crippen LogP contribution in [0.25, 0.3) is 0 Å². The predicted octanol–water partition coefficient (Wildman–Crippen LogP) is 2.40. The number of halogens is 2. The van der Waals surface area contributed by atoms with Gasteiger partial charge in [-0.05, 0) is 37.9 Å². The van der Waals surface area contributed by atoms with Crippen LogP contribution in [0.3, 0.4) is 0 Å². The van der Waals surface area contributed by atoms with Crippen LogP contribution in [0.2, 0.25) is 0 Å². The minimum atomic E-state index is -0.387. The molecular formula is C16H23ClFN3O. The van der Waals surface area contributed by atoms with Gasteiger partial charge >= 0.3 is 0 Å². The summed E-state index contributed by atoms with van der Waals surface area (Å²) < 4.78 is 13.5. The van der Waals surface area contributed by atoms with Crippen molar-refractivity contribution in [3.63, 3.8) is 0 Å². The van der Waals surface area contributed by atoms with Crippen LogP contribution in [-0.4, -0.2) is 42.5 Å². The van der Waals surface area contributed by atoms with Gasteiger partial charge in [0, 0.05) is 31.6 Å². The number of carbonyl (C=O) groups excluding carboxylic acids is 1. The van der Waals surface area contributed by atoms with Crippen molar-refractivity contribution in [2.24, 2.45) is 0 Å². The summed E-state index contributed by atoms with van der Waals surface area (Å²) >= 11 is 0. The Kier molecular flexibility index (Phi) is 6.17. The Morgan fingerprint density at radius 1 is 1.27 bits per heavy atom. The number of likely N-dealkylation sites (tertiary alicyclic amines) is 1. The highest BCUT2D eigenvalue weighted by Crippen LogP contribution is 2.20. The number of fused-ring (bicyclic) bond motifs is 2. The van der Waals surface area contributed by atoms with Gasteiger partial charge in [-0.1, -0.05) is 12.1 Å². The first-order valence-corrected chi connectivity index (χ1v) is 7.73. The first kappa shape index (κ1) is 17.2. The molecule has 0 aromatic heterocycles. The van der Waals surface area contributed by atoms with Crippen LogP contribution in [0.15, 0.2) is 24.3 Å². The average Bonchev–Trinajstić information content (AvgIpc) is 2.80. The van der Waals surface area contributed by atoms with Gasteiger partial charge in [0.15, 0.2) is 0 Å². The smallest absolute Gasteiger partial charge is 0.225 e. The van der Waals surface area contributed by atoms with E-state index in [1.807, 2.05) is 0 Å². The Hall–Kier alpha value is -1.17. The van der Waals surface area contributed by atoms with Crippen LogP contribution in [0, 0.1) is 5.82 Å². The van der Waals surface area contributed by atoms with E-state index >= 15 is 0 Å². The SMILES string of the molecule is Cl.O=C(CCN1CCC2CCC(C1)N2)Nc1ccccc1F. The van der Waals surface area contributed by atoms with Crippen LogP contribution < -0.4 is 10.6 Å². The van der Waals surface area contributed by atoms with E-state index in [4.69, 9.17) is 0 Å². The number of nitrogens with one attached hydrogen (secondary N) is 2. The fraction of sp³-hybridized carbons (Fsp3) is 0.562. The molecule has 6 heteroatoms. The normalized spacial score (nSPS) is 24.4. The molecule has 2 aliphatic heterocycles. The van der Waals surface area contributed by atoms with Gasteiger partial charge in [-0.2, -0.15) is 0 Å². The molecule has 2 N–H and O–H groups in total. The number of rotatable bonds is 4. The molecule has 2 aliphatic rings. The van der Waals surface area contributed by atoms with Crippen molar-refractivity contribution >= 4 is 24.0 Å². The molecule has 2 bridgehead atoms. The van der Waals surface area contributed by atoms with Crippen LogP contribution >= 0.6 is 12.4 Å². The van der Waals surface area contributed by atoms with Gasteiger partial charge < -0.3 is 15.5 Å². The zero-order valence-electron chi connectivity index (χ0n) is 12.6. The summed E-state index contributed by atoms with van der Waals surface area (Å²) in [6.45, 7) is 2.80. The summed E-state index contributed by atoms with van der Waals surface area (Å²) in [6, 6.07) is 7.51. The third-order valence-corrected chi connectivity index (χ3v) is 4.41. The largest absolute Gasteiger partial charge is 0.324 e. The molecule has 0 aliphatic carbocycles. The fourth-order valence-electron chi connectivity index (χ4n) is 3.25. The number of anilines is 1. The van der Waals surface area contributed by atoms with E-state index < -0.39 is 0 Å². The number of hydrogen-bond acceptors (Lipinski definition) is 3. The summed E-state index contributed by atoms with van der Waals surface area (Å²) in [7, 11) is 0. The summed E-state index contributed by atoms with van der Waals surface area (Å²) in [5.74, 6) is -0.510. The van der Waals surface area contributed by atoms with E-state index in [2.05, 4.69) is 15.5 Å². The number of amides is 1. The van der Waals surface area contributed by atoms with E-state index in [0.717, 1.165) is 26.1 Å². The Morgan fingerprint density at radius 2 is 2.05 bits per heavy atom. The number of hydrogen-bond donors (Lipinski definition) is 2. The monoisotopic (exact) mass is 327 g/mol. The second-order valence-corrected chi connectivity index (χ2v) is 6.01. The van der Waals surface area contributed by atoms with Gasteiger partial charge in [0.2, 0.25) is 5.91 Å². The topological polar surface area (TPSA) is 44.4 Å². The second kappa shape index (κ2) is 7.90. The fourth-order valence-corrected chi connectivity index (χ4v) is 3.25. The van der Waals surface area contributed by atoms with Crippen molar-refractivity contribution in [1.29, 1.82) is 0 Å². The van der Waals surface area contributed by atoms with E-state index in [0.29, 0.717) is 18.5 Å². The standard InChI is InChI=1S/C16H22FN3O.ClH/c17-14-3-1-2-4-15(14)19-16(21)8-10-20-9-7-12-5-6-13(11-20)18-12;/h1-4,12-13,18H,5-11H2,(H,19,21);1H. The minimum Gasteiger partial charge on any atom is -0.324 e. The summed E-state index contributed by atoms with van der Waals surface area (Å²) in [4.78, 5) is 14.3. The molecule has 2 fully saturated rings. The lowest BCUT2D eigenvalue weighted by Gasteiger charge is -2.23. The molecule has 22 heavy (non-hydrogen) atoms. The Balaban J connectivity index is 0.00000176. The maximum Gasteiger partial charge on any atom is 0.225 e. The molecule has 2 atom stereocenters. The molecule has 3 rings (SSSR count). The molecule has 0 saturated carbocycles. The van der Waals surface area contributed by atoms with Crippen molar-refractivity contribution in [1.82, 2.24) is 10.2 Å². The zero-order chi connectivity index (χ0) is 14.7. The maximum absolute atomic E-state index is 13.5. The van der Waals surface area contributed by atoms with Gasteiger partial charge in [-0.3, -0.25) is 4.79 Å². The van der Waals surface area contributed by atoms with Gasteiger partial charge in [-0.15, -0.1) is 12.4 Å². The van der Waals surface area contributed by atoms with E-state index in [1.54, 1.807) is 18.2 Å². The molecule has 122 valence electrons. The first-order chi connectivity index (χ1) is 10.2. The van der Waals surface area contributed by atoms with Crippen LogP contribution in [-0.2, 0) is 4.79 Å². The molecule has 4 nitrogen and oxygen atoms in total. The van der Waals surface area contributed by atoms with E-state index in [1.165, 1.54) is 18.9 Å². The quantitative estimate of drug-likeness (QED) is 0.892. The number of benzene rings is 1. The van der Waals surface area contributed by atoms with Crippen molar-refractivity contribution in [2.75, 3.05) is 25.0 Å². The third-order valence-electron chi connectivity index (χ3n) is 4.41. The highest BCUT2D eigenvalue weighted by molar-refractivity contribution is 5.90. The minimum absolute atomic E-state index is 0. The van der Waals surface area contributed by atoms with Crippen molar-refractivity contribution in [2.45, 2.75) is 37.8 Å². The molecule has 1 amide bonds. The average molecular weight is 328 g/mol. The highest BCUT2D eigenvalue weighted by atomic mass is 35.5. The van der Waals surface area contributed by atoms with Gasteiger partial charge in [0.1, 0.15) is 5.82 Å². The van der Waals surface area contributed by atoms with E-state index in [9.17, 15) is 9.18 Å². The predicted molar refractivity (Wildman–Crippen MR) is 87.9 cm³/mol. The molecule has 1 aromatic carbocycles. The summed E-state index contributed by atoms with van der Waals surface area (Å²) in [5, 5.41) is 6.27. The van der Waals surface area contributed by atoms with Crippen LogP contribution in [0.5, 0.6) is 0 Å². The number of nitrogens with zero attached hydrogens (tertiary/aromatic N) is 1. The van der Waals surface area contributed by atoms with Crippen molar-refractivity contribution < 1.29 is 9.18 Å². The maximum atomic E-state index is 13.5. The highest BCUT2D eigenvalue weighted by Gasteiger charge is 2.29. The number of para-hydroxylation sites is 1. The van der Waals surface area contributed by atoms with Gasteiger partial charge in [0.05, 0.1) is 5.69 Å². The molecule has 0 radical (unpaired) electrons. The summed E-state index contributed by atoms with van der Waals surface area (Å²) in [5.41, 5.74) is 0.263. The van der Waals surface area contributed by atoms with Crippen LogP contribution in [0.4, 0.5) is 10.1 Å². The molecule has 0 spiro atoms. The van der Waals surface area contributed by atoms with Crippen molar-refractivity contribution in [3.8, 4) is 0 Å². The van der Waals surface area contributed by atoms with Crippen LogP contribution in [0.1, 0.15) is 25.7 Å². The van der Waals surface area contributed by atoms with Gasteiger partial charge in [-0.25, -0.2) is 4.39 Å². The molecular weight excluding hydrogens is 305 g/mol. The molecule has 2 unspecified atom stereocenters. The van der Waals surface area contributed by atoms with Gasteiger partial charge in [0.25, 0.3) is 0 Å². The molecule has 2 heterocycles. The third kappa shape index (κ3) is 4.41. The molecule has 1 aromatic rings. The second-order valence-electron chi connectivity index (χ2n) is 6.01. The Bertz CT molecular complexity index is 514. The lowest BCUT2D eigenvalue weighted by molar-refractivity contribution is -0.116. The Labute approximate surface area is 136 Å². The summed E-state index contributed by atoms with van der Waals surface area (Å²) in [6.07, 6.45) is 4.09. The lowest BCUT2D eigenvalue weighted by Crippen LogP contribution is -2.36. The molecule has 2 saturated heterocycles. The van der Waals surface area contributed by atoms with Crippen molar-refractivity contribution in [3.05, 3.63) is 30.1 Å². The van der Waals surface area contributed by atoms with E-state index in [-0.39, 0.29) is 29.8 Å². The number of carbonyl (C=O) groups is 1. The zero-order valence-corrected chi connectivity index (χ0v) is 13.4.